The van der Waals surface area contributed by atoms with Crippen LogP contribution in [0.2, 0.25) is 0 Å². The van der Waals surface area contributed by atoms with E-state index in [1.165, 1.54) is 0 Å². The third-order valence-electron chi connectivity index (χ3n) is 4.83. The lowest BCUT2D eigenvalue weighted by Gasteiger charge is -2.24. The second kappa shape index (κ2) is 8.37. The molecule has 1 fully saturated rings. The molecular formula is C17H25ClN4O3S. The molecule has 0 saturated carbocycles. The summed E-state index contributed by atoms with van der Waals surface area (Å²) in [6, 6.07) is 6.99. The van der Waals surface area contributed by atoms with Crippen molar-refractivity contribution in [1.29, 1.82) is 0 Å². The molecule has 1 unspecified atom stereocenters. The van der Waals surface area contributed by atoms with Gasteiger partial charge in [0.1, 0.15) is 10.7 Å². The van der Waals surface area contributed by atoms with Crippen LogP contribution in [0.15, 0.2) is 33.6 Å². The van der Waals surface area contributed by atoms with Crippen LogP contribution in [-0.4, -0.2) is 62.7 Å². The van der Waals surface area contributed by atoms with Gasteiger partial charge in [0.15, 0.2) is 0 Å². The zero-order valence-electron chi connectivity index (χ0n) is 14.8. The number of benzene rings is 1. The smallest absolute Gasteiger partial charge is 0.285 e. The molecule has 2 aliphatic rings. The van der Waals surface area contributed by atoms with Crippen LogP contribution in [0.5, 0.6) is 0 Å². The quantitative estimate of drug-likeness (QED) is 0.801. The summed E-state index contributed by atoms with van der Waals surface area (Å²) in [6.07, 6.45) is 3.07. The van der Waals surface area contributed by atoms with E-state index in [2.05, 4.69) is 4.40 Å². The fraction of sp³-hybridized carbons (Fsp3) is 0.529. The Bertz CT molecular complexity index is 797. The molecule has 3 rings (SSSR count). The van der Waals surface area contributed by atoms with Crippen molar-refractivity contribution in [1.82, 2.24) is 9.80 Å². The van der Waals surface area contributed by atoms with Crippen molar-refractivity contribution in [3.8, 4) is 0 Å². The predicted molar refractivity (Wildman–Crippen MR) is 103 cm³/mol. The van der Waals surface area contributed by atoms with Crippen LogP contribution in [0, 0.1) is 0 Å². The van der Waals surface area contributed by atoms with Crippen molar-refractivity contribution in [2.75, 3.05) is 26.7 Å². The van der Waals surface area contributed by atoms with Gasteiger partial charge in [-0.25, -0.2) is 0 Å². The monoisotopic (exact) mass is 400 g/mol. The molecule has 1 atom stereocenters. The first-order valence-electron chi connectivity index (χ1n) is 8.59. The van der Waals surface area contributed by atoms with E-state index in [9.17, 15) is 13.2 Å². The molecule has 2 heterocycles. The Morgan fingerprint density at radius 1 is 1.38 bits per heavy atom. The largest absolute Gasteiger partial charge is 0.358 e. The maximum Gasteiger partial charge on any atom is 0.285 e. The first kappa shape index (κ1) is 20.7. The van der Waals surface area contributed by atoms with Gasteiger partial charge in [-0.1, -0.05) is 12.1 Å². The Kier molecular flexibility index (Phi) is 6.65. The summed E-state index contributed by atoms with van der Waals surface area (Å²) in [6.45, 7) is 1.86. The standard InChI is InChI=1S/C17H24N4O3S.ClH/c1-20(10-5-9-16(22)21-11-4-6-13(21)12-18)17-14-7-2-3-8-15(14)25(23,24)19-17;/h2-3,7-8,13H,4-6,9-12,18H2,1H3;1H. The number of nitrogens with zero attached hydrogens (tertiary/aromatic N) is 3. The Labute approximate surface area is 160 Å². The summed E-state index contributed by atoms with van der Waals surface area (Å²) in [7, 11) is -1.80. The predicted octanol–water partition coefficient (Wildman–Crippen LogP) is 1.22. The second-order valence-electron chi connectivity index (χ2n) is 6.53. The third kappa shape index (κ3) is 4.02. The minimum atomic E-state index is -3.61. The lowest BCUT2D eigenvalue weighted by atomic mass is 10.1. The molecule has 2 N–H and O–H groups in total. The average Bonchev–Trinajstić information content (AvgIpc) is 3.17. The lowest BCUT2D eigenvalue weighted by molar-refractivity contribution is -0.132. The summed E-state index contributed by atoms with van der Waals surface area (Å²) in [4.78, 5) is 16.3. The number of nitrogens with two attached hydrogens (primary N) is 1. The Balaban J connectivity index is 0.00000243. The minimum absolute atomic E-state index is 0. The normalized spacial score (nSPS) is 20.3. The molecule has 9 heteroatoms. The molecule has 1 aromatic carbocycles. The second-order valence-corrected chi connectivity index (χ2v) is 8.10. The van der Waals surface area contributed by atoms with Gasteiger partial charge in [0.05, 0.1) is 0 Å². The van der Waals surface area contributed by atoms with Gasteiger partial charge in [-0.05, 0) is 31.4 Å². The van der Waals surface area contributed by atoms with Crippen molar-refractivity contribution in [2.24, 2.45) is 10.1 Å². The zero-order valence-corrected chi connectivity index (χ0v) is 16.4. The number of halogens is 1. The van der Waals surface area contributed by atoms with Gasteiger partial charge in [-0.2, -0.15) is 8.42 Å². The molecule has 0 radical (unpaired) electrons. The van der Waals surface area contributed by atoms with Gasteiger partial charge in [-0.15, -0.1) is 16.8 Å². The highest BCUT2D eigenvalue weighted by molar-refractivity contribution is 7.90. The summed E-state index contributed by atoms with van der Waals surface area (Å²) in [5.74, 6) is 0.576. The van der Waals surface area contributed by atoms with E-state index in [0.29, 0.717) is 37.3 Å². The maximum atomic E-state index is 12.3. The Morgan fingerprint density at radius 3 is 2.85 bits per heavy atom. The molecule has 144 valence electrons. The molecule has 0 spiro atoms. The summed E-state index contributed by atoms with van der Waals surface area (Å²) < 4.78 is 28.1. The number of rotatable bonds is 5. The molecule has 1 amide bonds. The van der Waals surface area contributed by atoms with Crippen molar-refractivity contribution in [3.05, 3.63) is 29.8 Å². The van der Waals surface area contributed by atoms with Gasteiger partial charge in [-0.3, -0.25) is 4.79 Å². The molecule has 1 aromatic rings. The summed E-state index contributed by atoms with van der Waals surface area (Å²) in [5, 5.41) is 0. The fourth-order valence-corrected chi connectivity index (χ4v) is 4.74. The molecule has 26 heavy (non-hydrogen) atoms. The van der Waals surface area contributed by atoms with E-state index in [-0.39, 0.29) is 29.3 Å². The minimum Gasteiger partial charge on any atom is -0.358 e. The highest BCUT2D eigenvalue weighted by atomic mass is 35.5. The van der Waals surface area contributed by atoms with E-state index in [4.69, 9.17) is 5.73 Å². The highest BCUT2D eigenvalue weighted by Crippen LogP contribution is 2.27. The van der Waals surface area contributed by atoms with Gasteiger partial charge < -0.3 is 15.5 Å². The highest BCUT2D eigenvalue weighted by Gasteiger charge is 2.31. The number of hydrogen-bond donors (Lipinski definition) is 1. The fourth-order valence-electron chi connectivity index (χ4n) is 3.49. The van der Waals surface area contributed by atoms with Gasteiger partial charge in [0.25, 0.3) is 10.0 Å². The van der Waals surface area contributed by atoms with Crippen molar-refractivity contribution < 1.29 is 13.2 Å². The topological polar surface area (TPSA) is 96.1 Å². The number of fused-ring (bicyclic) bond motifs is 1. The number of amides is 1. The van der Waals surface area contributed by atoms with Gasteiger partial charge in [0.2, 0.25) is 5.91 Å². The first-order chi connectivity index (χ1) is 11.9. The SMILES string of the molecule is CN(CCCC(=O)N1CCCC1CN)C1=NS(=O)(=O)c2ccccc21.Cl. The number of carbonyl (C=O) groups excluding carboxylic acids is 1. The molecule has 7 nitrogen and oxygen atoms in total. The van der Waals surface area contributed by atoms with E-state index in [1.807, 2.05) is 4.90 Å². The van der Waals surface area contributed by atoms with Crippen LogP contribution >= 0.6 is 12.4 Å². The van der Waals surface area contributed by atoms with Crippen LogP contribution in [0.1, 0.15) is 31.2 Å². The summed E-state index contributed by atoms with van der Waals surface area (Å²) >= 11 is 0. The van der Waals surface area contributed by atoms with Crippen LogP contribution in [-0.2, 0) is 14.8 Å². The number of carbonyl (C=O) groups is 1. The zero-order chi connectivity index (χ0) is 18.0. The number of amidine groups is 1. The molecular weight excluding hydrogens is 376 g/mol. The average molecular weight is 401 g/mol. The van der Waals surface area contributed by atoms with E-state index >= 15 is 0 Å². The Hall–Kier alpha value is -1.64. The molecule has 2 aliphatic heterocycles. The van der Waals surface area contributed by atoms with E-state index in [0.717, 1.165) is 19.4 Å². The number of sulfonamides is 1. The van der Waals surface area contributed by atoms with Crippen LogP contribution in [0.4, 0.5) is 0 Å². The summed E-state index contributed by atoms with van der Waals surface area (Å²) in [5.41, 5.74) is 6.34. The van der Waals surface area contributed by atoms with Crippen molar-refractivity contribution >= 4 is 34.2 Å². The van der Waals surface area contributed by atoms with Crippen molar-refractivity contribution in [3.63, 3.8) is 0 Å². The van der Waals surface area contributed by atoms with Crippen LogP contribution in [0.3, 0.4) is 0 Å². The third-order valence-corrected chi connectivity index (χ3v) is 6.15. The number of hydrogen-bond acceptors (Lipinski definition) is 5. The van der Waals surface area contributed by atoms with E-state index in [1.54, 1.807) is 36.2 Å². The number of likely N-dealkylation sites (tertiary alicyclic amines) is 1. The maximum absolute atomic E-state index is 12.3. The molecule has 1 saturated heterocycles. The van der Waals surface area contributed by atoms with Crippen molar-refractivity contribution in [2.45, 2.75) is 36.6 Å². The van der Waals surface area contributed by atoms with Crippen LogP contribution < -0.4 is 5.73 Å². The Morgan fingerprint density at radius 2 is 2.12 bits per heavy atom. The molecule has 0 aliphatic carbocycles. The molecule has 0 aromatic heterocycles. The first-order valence-corrected chi connectivity index (χ1v) is 10.0. The lowest BCUT2D eigenvalue weighted by Crippen LogP contribution is -2.40. The van der Waals surface area contributed by atoms with Gasteiger partial charge >= 0.3 is 0 Å². The van der Waals surface area contributed by atoms with E-state index < -0.39 is 10.0 Å². The van der Waals surface area contributed by atoms with Gasteiger partial charge in [0, 0.05) is 44.7 Å². The van der Waals surface area contributed by atoms with Crippen LogP contribution in [0.25, 0.3) is 0 Å². The molecule has 0 bridgehead atoms.